The number of pyridine rings is 1. The van der Waals surface area contributed by atoms with Crippen molar-refractivity contribution in [1.82, 2.24) is 20.1 Å². The lowest BCUT2D eigenvalue weighted by Gasteiger charge is -2.45. The molecule has 0 unspecified atom stereocenters. The molecule has 0 aliphatic carbocycles. The summed E-state index contributed by atoms with van der Waals surface area (Å²) in [5, 5.41) is 3.84. The summed E-state index contributed by atoms with van der Waals surface area (Å²) < 4.78 is 5.58. The average molecular weight is 457 g/mol. The summed E-state index contributed by atoms with van der Waals surface area (Å²) in [5.41, 5.74) is 2.36. The first-order valence-electron chi connectivity index (χ1n) is 11.6. The maximum Gasteiger partial charge on any atom is 0.220 e. The highest BCUT2D eigenvalue weighted by Crippen LogP contribution is 2.28. The fourth-order valence-electron chi connectivity index (χ4n) is 4.87. The van der Waals surface area contributed by atoms with Gasteiger partial charge in [0.05, 0.1) is 13.2 Å². The summed E-state index contributed by atoms with van der Waals surface area (Å²) in [6.07, 6.45) is 6.11. The zero-order chi connectivity index (χ0) is 22.2. The standard InChI is InChI=1S/C25H33ClN4O2/c26-23-4-1-21(2-5-23)18-29-12-9-24(30-13-15-32-16-14-30)22(19-29)3-6-25(31)28-17-20-7-10-27-11-8-20/h1-2,4-5,7-8,10-11,22,24H,3,6,9,12-19H2,(H,28,31)/t22-,24+/m1/s1. The van der Waals surface area contributed by atoms with Crippen LogP contribution in [0.15, 0.2) is 48.8 Å². The van der Waals surface area contributed by atoms with Crippen LogP contribution in [0.4, 0.5) is 0 Å². The molecule has 3 heterocycles. The van der Waals surface area contributed by atoms with Crippen molar-refractivity contribution in [3.05, 3.63) is 64.9 Å². The SMILES string of the molecule is O=C(CC[C@@H]1CN(Cc2ccc(Cl)cc2)CC[C@@H]1N1CCOCC1)NCc1ccncc1. The van der Waals surface area contributed by atoms with Crippen molar-refractivity contribution in [2.24, 2.45) is 5.92 Å². The molecule has 0 radical (unpaired) electrons. The molecule has 0 bridgehead atoms. The van der Waals surface area contributed by atoms with Gasteiger partial charge < -0.3 is 10.1 Å². The van der Waals surface area contributed by atoms with Crippen molar-refractivity contribution >= 4 is 17.5 Å². The molecule has 2 fully saturated rings. The van der Waals surface area contributed by atoms with E-state index in [1.807, 2.05) is 24.3 Å². The number of nitrogens with zero attached hydrogens (tertiary/aromatic N) is 3. The van der Waals surface area contributed by atoms with Gasteiger partial charge in [-0.05, 0) is 60.7 Å². The third kappa shape index (κ3) is 6.75. The Morgan fingerprint density at radius 2 is 1.81 bits per heavy atom. The molecule has 1 amide bonds. The number of halogens is 1. The van der Waals surface area contributed by atoms with Gasteiger partial charge in [-0.3, -0.25) is 19.6 Å². The third-order valence-corrected chi connectivity index (χ3v) is 6.85. The molecule has 0 saturated carbocycles. The minimum Gasteiger partial charge on any atom is -0.379 e. The second-order valence-electron chi connectivity index (χ2n) is 8.80. The second kappa shape index (κ2) is 11.8. The number of rotatable bonds is 8. The topological polar surface area (TPSA) is 57.7 Å². The van der Waals surface area contributed by atoms with E-state index >= 15 is 0 Å². The lowest BCUT2D eigenvalue weighted by molar-refractivity contribution is -0.121. The van der Waals surface area contributed by atoms with Crippen LogP contribution in [0.5, 0.6) is 0 Å². The van der Waals surface area contributed by atoms with Crippen LogP contribution in [0, 0.1) is 5.92 Å². The average Bonchev–Trinajstić information content (AvgIpc) is 2.84. The number of carbonyl (C=O) groups excluding carboxylic acids is 1. The quantitative estimate of drug-likeness (QED) is 0.660. The molecule has 172 valence electrons. The van der Waals surface area contributed by atoms with E-state index in [1.54, 1.807) is 12.4 Å². The Morgan fingerprint density at radius 3 is 2.56 bits per heavy atom. The lowest BCUT2D eigenvalue weighted by Crippen LogP contribution is -2.54. The smallest absolute Gasteiger partial charge is 0.220 e. The van der Waals surface area contributed by atoms with Crippen LogP contribution < -0.4 is 5.32 Å². The van der Waals surface area contributed by atoms with Gasteiger partial charge in [-0.25, -0.2) is 0 Å². The molecule has 6 nitrogen and oxygen atoms in total. The van der Waals surface area contributed by atoms with Crippen molar-refractivity contribution in [3.8, 4) is 0 Å². The highest BCUT2D eigenvalue weighted by atomic mass is 35.5. The van der Waals surface area contributed by atoms with Crippen LogP contribution in [0.3, 0.4) is 0 Å². The zero-order valence-corrected chi connectivity index (χ0v) is 19.3. The number of piperidine rings is 1. The summed E-state index contributed by atoms with van der Waals surface area (Å²) >= 11 is 6.05. The van der Waals surface area contributed by atoms with E-state index in [4.69, 9.17) is 16.3 Å². The fraction of sp³-hybridized carbons (Fsp3) is 0.520. The van der Waals surface area contributed by atoms with Gasteiger partial charge in [0.25, 0.3) is 0 Å². The maximum atomic E-state index is 12.6. The minimum atomic E-state index is 0.123. The minimum absolute atomic E-state index is 0.123. The van der Waals surface area contributed by atoms with Crippen LogP contribution in [0.1, 0.15) is 30.4 Å². The fourth-order valence-corrected chi connectivity index (χ4v) is 4.99. The van der Waals surface area contributed by atoms with Crippen LogP contribution in [0.2, 0.25) is 5.02 Å². The zero-order valence-electron chi connectivity index (χ0n) is 18.6. The van der Waals surface area contributed by atoms with Gasteiger partial charge >= 0.3 is 0 Å². The highest BCUT2D eigenvalue weighted by Gasteiger charge is 2.34. The highest BCUT2D eigenvalue weighted by molar-refractivity contribution is 6.30. The number of amides is 1. The van der Waals surface area contributed by atoms with E-state index in [-0.39, 0.29) is 5.91 Å². The maximum absolute atomic E-state index is 12.6. The molecule has 2 aromatic rings. The predicted molar refractivity (Wildman–Crippen MR) is 126 cm³/mol. The monoisotopic (exact) mass is 456 g/mol. The Kier molecular flexibility index (Phi) is 8.51. The molecule has 1 aromatic carbocycles. The molecule has 32 heavy (non-hydrogen) atoms. The number of aromatic nitrogens is 1. The summed E-state index contributed by atoms with van der Waals surface area (Å²) in [4.78, 5) is 21.7. The van der Waals surface area contributed by atoms with Crippen molar-refractivity contribution in [3.63, 3.8) is 0 Å². The number of ether oxygens (including phenoxy) is 1. The number of morpholine rings is 1. The first kappa shape index (κ1) is 23.2. The summed E-state index contributed by atoms with van der Waals surface area (Å²) in [6, 6.07) is 12.5. The van der Waals surface area contributed by atoms with Gasteiger partial charge in [-0.1, -0.05) is 23.7 Å². The number of likely N-dealkylation sites (tertiary alicyclic amines) is 1. The van der Waals surface area contributed by atoms with Gasteiger partial charge in [-0.2, -0.15) is 0 Å². The van der Waals surface area contributed by atoms with Gasteiger partial charge in [0.15, 0.2) is 0 Å². The van der Waals surface area contributed by atoms with Crippen molar-refractivity contribution in [1.29, 1.82) is 0 Å². The first-order chi connectivity index (χ1) is 15.7. The Bertz CT molecular complexity index is 843. The Labute approximate surface area is 195 Å². The van der Waals surface area contributed by atoms with E-state index < -0.39 is 0 Å². The third-order valence-electron chi connectivity index (χ3n) is 6.59. The van der Waals surface area contributed by atoms with Gasteiger partial charge in [0.1, 0.15) is 0 Å². The van der Waals surface area contributed by atoms with E-state index in [0.717, 1.165) is 69.4 Å². The van der Waals surface area contributed by atoms with Crippen LogP contribution in [0.25, 0.3) is 0 Å². The van der Waals surface area contributed by atoms with Crippen molar-refractivity contribution < 1.29 is 9.53 Å². The molecule has 2 saturated heterocycles. The molecule has 7 heteroatoms. The lowest BCUT2D eigenvalue weighted by atomic mass is 9.86. The molecule has 2 aliphatic heterocycles. The number of nitrogens with one attached hydrogen (secondary N) is 1. The second-order valence-corrected chi connectivity index (χ2v) is 9.23. The largest absolute Gasteiger partial charge is 0.379 e. The number of hydrogen-bond acceptors (Lipinski definition) is 5. The summed E-state index contributed by atoms with van der Waals surface area (Å²) in [6.45, 7) is 7.18. The summed E-state index contributed by atoms with van der Waals surface area (Å²) in [5.74, 6) is 0.596. The van der Waals surface area contributed by atoms with Gasteiger partial charge in [0.2, 0.25) is 5.91 Å². The molecular weight excluding hydrogens is 424 g/mol. The molecule has 2 atom stereocenters. The first-order valence-corrected chi connectivity index (χ1v) is 12.0. The Morgan fingerprint density at radius 1 is 1.06 bits per heavy atom. The van der Waals surface area contributed by atoms with Crippen LogP contribution in [-0.4, -0.2) is 66.1 Å². The van der Waals surface area contributed by atoms with E-state index in [2.05, 4.69) is 32.2 Å². The Balaban J connectivity index is 1.33. The van der Waals surface area contributed by atoms with E-state index in [1.165, 1.54) is 5.56 Å². The summed E-state index contributed by atoms with van der Waals surface area (Å²) in [7, 11) is 0. The van der Waals surface area contributed by atoms with Crippen LogP contribution in [-0.2, 0) is 22.6 Å². The molecule has 4 rings (SSSR count). The molecule has 1 N–H and O–H groups in total. The van der Waals surface area contributed by atoms with Crippen LogP contribution >= 0.6 is 11.6 Å². The predicted octanol–water partition coefficient (Wildman–Crippen LogP) is 3.35. The van der Waals surface area contributed by atoms with E-state index in [0.29, 0.717) is 24.9 Å². The number of carbonyl (C=O) groups is 1. The number of hydrogen-bond donors (Lipinski definition) is 1. The molecule has 1 aromatic heterocycles. The van der Waals surface area contributed by atoms with Gasteiger partial charge in [-0.15, -0.1) is 0 Å². The van der Waals surface area contributed by atoms with Gasteiger partial charge in [0, 0.05) is 62.6 Å². The molecular formula is C25H33ClN4O2. The normalized spacial score (nSPS) is 22.5. The van der Waals surface area contributed by atoms with E-state index in [9.17, 15) is 4.79 Å². The molecule has 0 spiro atoms. The van der Waals surface area contributed by atoms with Crippen molar-refractivity contribution in [2.45, 2.75) is 38.4 Å². The molecule has 2 aliphatic rings. The van der Waals surface area contributed by atoms with Crippen molar-refractivity contribution in [2.75, 3.05) is 39.4 Å². The number of benzene rings is 1. The Hall–Kier alpha value is -1.99.